The number of rotatable bonds is 4. The topological polar surface area (TPSA) is 62.3 Å². The minimum atomic E-state index is -3.45. The third-order valence-corrected chi connectivity index (χ3v) is 4.57. The molecule has 0 saturated carbocycles. The maximum atomic E-state index is 11.6. The fourth-order valence-corrected chi connectivity index (χ4v) is 2.55. The van der Waals surface area contributed by atoms with Gasteiger partial charge in [0, 0.05) is 36.9 Å². The largest absolute Gasteiger partial charge is 0.301 e. The van der Waals surface area contributed by atoms with Crippen molar-refractivity contribution in [1.29, 1.82) is 0 Å². The number of nitrogens with one attached hydrogen (secondary N) is 1. The van der Waals surface area contributed by atoms with E-state index in [1.807, 2.05) is 17.5 Å². The van der Waals surface area contributed by atoms with Crippen LogP contribution in [0.15, 0.2) is 35.8 Å². The van der Waals surface area contributed by atoms with Crippen LogP contribution in [0.4, 0.5) is 5.69 Å². The molecule has 1 N–H and O–H groups in total. The van der Waals surface area contributed by atoms with E-state index < -0.39 is 10.2 Å². The zero-order valence-electron chi connectivity index (χ0n) is 9.99. The van der Waals surface area contributed by atoms with Crippen molar-refractivity contribution in [3.63, 3.8) is 0 Å². The van der Waals surface area contributed by atoms with E-state index >= 15 is 0 Å². The maximum absolute atomic E-state index is 11.6. The molecule has 0 amide bonds. The molecule has 0 bridgehead atoms. The summed E-state index contributed by atoms with van der Waals surface area (Å²) < 4.78 is 26.8. The van der Waals surface area contributed by atoms with E-state index in [2.05, 4.69) is 9.71 Å². The van der Waals surface area contributed by atoms with Crippen LogP contribution in [-0.2, 0) is 10.2 Å². The average molecular weight is 283 g/mol. The normalized spacial score (nSPS) is 11.7. The van der Waals surface area contributed by atoms with Crippen LogP contribution in [-0.4, -0.2) is 31.8 Å². The monoisotopic (exact) mass is 283 g/mol. The van der Waals surface area contributed by atoms with Gasteiger partial charge in [-0.2, -0.15) is 12.7 Å². The van der Waals surface area contributed by atoms with Crippen LogP contribution < -0.4 is 4.72 Å². The van der Waals surface area contributed by atoms with Crippen molar-refractivity contribution in [2.45, 2.75) is 0 Å². The van der Waals surface area contributed by atoms with E-state index in [-0.39, 0.29) is 0 Å². The molecule has 1 heterocycles. The molecule has 0 aliphatic carbocycles. The second-order valence-electron chi connectivity index (χ2n) is 3.80. The van der Waals surface area contributed by atoms with Gasteiger partial charge in [0.05, 0.1) is 0 Å². The number of anilines is 1. The Morgan fingerprint density at radius 2 is 1.89 bits per heavy atom. The summed E-state index contributed by atoms with van der Waals surface area (Å²) in [5, 5.41) is 2.81. The summed E-state index contributed by atoms with van der Waals surface area (Å²) in [5.41, 5.74) is 1.50. The third kappa shape index (κ3) is 2.87. The molecule has 0 unspecified atom stereocenters. The van der Waals surface area contributed by atoms with E-state index in [1.165, 1.54) is 14.1 Å². The molecule has 2 aromatic rings. The van der Waals surface area contributed by atoms with Crippen LogP contribution >= 0.6 is 11.3 Å². The zero-order chi connectivity index (χ0) is 13.2. The lowest BCUT2D eigenvalue weighted by Crippen LogP contribution is -2.28. The Morgan fingerprint density at radius 1 is 1.22 bits per heavy atom. The van der Waals surface area contributed by atoms with E-state index in [0.29, 0.717) is 5.69 Å². The summed E-state index contributed by atoms with van der Waals surface area (Å²) in [6, 6.07) is 7.12. The lowest BCUT2D eigenvalue weighted by atomic mass is 10.2. The van der Waals surface area contributed by atoms with Crippen LogP contribution in [0.2, 0.25) is 0 Å². The minimum Gasteiger partial charge on any atom is -0.271 e. The van der Waals surface area contributed by atoms with Gasteiger partial charge in [0.2, 0.25) is 0 Å². The zero-order valence-corrected chi connectivity index (χ0v) is 11.6. The quantitative estimate of drug-likeness (QED) is 0.934. The molecule has 0 atom stereocenters. The second kappa shape index (κ2) is 5.05. The highest BCUT2D eigenvalue weighted by atomic mass is 32.2. The predicted octanol–water partition coefficient (Wildman–Crippen LogP) is 2.03. The standard InChI is InChI=1S/C11H13N3O2S2/c1-14(2)18(15,16)13-10-5-3-9(4-6-10)11-12-7-8-17-11/h3-8,13H,1-2H3. The molecule has 0 aliphatic heterocycles. The summed E-state index contributed by atoms with van der Waals surface area (Å²) in [4.78, 5) is 4.19. The van der Waals surface area contributed by atoms with Crippen molar-refractivity contribution in [3.8, 4) is 10.6 Å². The van der Waals surface area contributed by atoms with Crippen LogP contribution in [0.3, 0.4) is 0 Å². The first-order chi connectivity index (χ1) is 8.49. The number of hydrogen-bond donors (Lipinski definition) is 1. The van der Waals surface area contributed by atoms with E-state index in [4.69, 9.17) is 0 Å². The van der Waals surface area contributed by atoms with Crippen LogP contribution in [0.25, 0.3) is 10.6 Å². The van der Waals surface area contributed by atoms with E-state index in [9.17, 15) is 8.42 Å². The van der Waals surface area contributed by atoms with Crippen molar-refractivity contribution in [3.05, 3.63) is 35.8 Å². The molecule has 0 spiro atoms. The summed E-state index contributed by atoms with van der Waals surface area (Å²) in [6.45, 7) is 0. The van der Waals surface area contributed by atoms with Gasteiger partial charge in [0.1, 0.15) is 5.01 Å². The molecule has 2 rings (SSSR count). The molecule has 0 radical (unpaired) electrons. The Morgan fingerprint density at radius 3 is 2.39 bits per heavy atom. The maximum Gasteiger partial charge on any atom is 0.301 e. The molecule has 0 aliphatic rings. The number of benzene rings is 1. The lowest BCUT2D eigenvalue weighted by molar-refractivity contribution is 0.527. The summed E-state index contributed by atoms with van der Waals surface area (Å²) >= 11 is 1.54. The van der Waals surface area contributed by atoms with Crippen molar-refractivity contribution >= 4 is 27.2 Å². The summed E-state index contributed by atoms with van der Waals surface area (Å²) in [6.07, 6.45) is 1.74. The van der Waals surface area contributed by atoms with Gasteiger partial charge in [-0.3, -0.25) is 4.72 Å². The minimum absolute atomic E-state index is 0.531. The molecule has 0 fully saturated rings. The van der Waals surface area contributed by atoms with Gasteiger partial charge >= 0.3 is 10.2 Å². The molecule has 0 saturated heterocycles. The first-order valence-electron chi connectivity index (χ1n) is 5.19. The highest BCUT2D eigenvalue weighted by Crippen LogP contribution is 2.23. The smallest absolute Gasteiger partial charge is 0.271 e. The fourth-order valence-electron chi connectivity index (χ4n) is 1.29. The highest BCUT2D eigenvalue weighted by molar-refractivity contribution is 7.90. The first-order valence-corrected chi connectivity index (χ1v) is 7.51. The van der Waals surface area contributed by atoms with Gasteiger partial charge in [-0.25, -0.2) is 4.98 Å². The SMILES string of the molecule is CN(C)S(=O)(=O)Nc1ccc(-c2nccs2)cc1. The van der Waals surface area contributed by atoms with Gasteiger partial charge in [-0.1, -0.05) is 0 Å². The fraction of sp³-hybridized carbons (Fsp3) is 0.182. The molecule has 18 heavy (non-hydrogen) atoms. The molecule has 1 aromatic heterocycles. The lowest BCUT2D eigenvalue weighted by Gasteiger charge is -2.13. The first kappa shape index (κ1) is 13.0. The molecule has 96 valence electrons. The Bertz CT molecular complexity index is 604. The van der Waals surface area contributed by atoms with Crippen molar-refractivity contribution in [2.75, 3.05) is 18.8 Å². The van der Waals surface area contributed by atoms with E-state index in [0.717, 1.165) is 14.9 Å². The van der Waals surface area contributed by atoms with Crippen molar-refractivity contribution in [2.24, 2.45) is 0 Å². The van der Waals surface area contributed by atoms with Gasteiger partial charge in [0.15, 0.2) is 0 Å². The Balaban J connectivity index is 2.19. The highest BCUT2D eigenvalue weighted by Gasteiger charge is 2.12. The Hall–Kier alpha value is -1.44. The molecule has 1 aromatic carbocycles. The van der Waals surface area contributed by atoms with Crippen LogP contribution in [0.1, 0.15) is 0 Å². The van der Waals surface area contributed by atoms with Gasteiger partial charge in [-0.05, 0) is 24.3 Å². The number of nitrogens with zero attached hydrogens (tertiary/aromatic N) is 2. The van der Waals surface area contributed by atoms with E-state index in [1.54, 1.807) is 29.7 Å². The second-order valence-corrected chi connectivity index (χ2v) is 6.58. The molecule has 5 nitrogen and oxygen atoms in total. The van der Waals surface area contributed by atoms with Gasteiger partial charge < -0.3 is 0 Å². The third-order valence-electron chi connectivity index (χ3n) is 2.29. The van der Waals surface area contributed by atoms with Gasteiger partial charge in [-0.15, -0.1) is 11.3 Å². The summed E-state index contributed by atoms with van der Waals surface area (Å²) in [7, 11) is -0.491. The molecular formula is C11H13N3O2S2. The predicted molar refractivity (Wildman–Crippen MR) is 73.8 cm³/mol. The number of aromatic nitrogens is 1. The van der Waals surface area contributed by atoms with Crippen molar-refractivity contribution in [1.82, 2.24) is 9.29 Å². The summed E-state index contributed by atoms with van der Waals surface area (Å²) in [5.74, 6) is 0. The Kier molecular flexibility index (Phi) is 3.65. The van der Waals surface area contributed by atoms with Crippen LogP contribution in [0.5, 0.6) is 0 Å². The molecule has 7 heteroatoms. The van der Waals surface area contributed by atoms with Crippen LogP contribution in [0, 0.1) is 0 Å². The van der Waals surface area contributed by atoms with Gasteiger partial charge in [0.25, 0.3) is 0 Å². The Labute approximate surface area is 110 Å². The number of hydrogen-bond acceptors (Lipinski definition) is 4. The average Bonchev–Trinajstić information content (AvgIpc) is 2.83. The number of thiazole rings is 1. The molecular weight excluding hydrogens is 270 g/mol. The van der Waals surface area contributed by atoms with Crippen molar-refractivity contribution < 1.29 is 8.42 Å².